The van der Waals surface area contributed by atoms with Gasteiger partial charge in [-0.1, -0.05) is 38.5 Å². The zero-order valence-electron chi connectivity index (χ0n) is 17.8. The second-order valence-corrected chi connectivity index (χ2v) is 7.31. The van der Waals surface area contributed by atoms with Gasteiger partial charge in [0.1, 0.15) is 5.75 Å². The molecule has 1 saturated heterocycles. The number of para-hydroxylation sites is 1. The topological polar surface area (TPSA) is 40.6 Å². The number of hydrogen-bond donors (Lipinski definition) is 0. The second-order valence-electron chi connectivity index (χ2n) is 7.31. The fraction of sp³-hybridized carbons (Fsp3) is 0.542. The average Bonchev–Trinajstić information content (AvgIpc) is 2.74. The summed E-state index contributed by atoms with van der Waals surface area (Å²) >= 11 is 0. The van der Waals surface area contributed by atoms with Crippen LogP contribution in [0.5, 0.6) is 11.6 Å². The highest BCUT2D eigenvalue weighted by molar-refractivity contribution is 5.70. The molecule has 1 aromatic heterocycles. The van der Waals surface area contributed by atoms with Crippen molar-refractivity contribution in [2.24, 2.45) is 5.92 Å². The van der Waals surface area contributed by atoms with Crippen molar-refractivity contribution in [1.29, 1.82) is 0 Å². The van der Waals surface area contributed by atoms with Gasteiger partial charge in [0.15, 0.2) is 0 Å². The normalized spacial score (nSPS) is 17.2. The number of aromatic nitrogens is 1. The van der Waals surface area contributed by atoms with Crippen LogP contribution in [0.1, 0.15) is 53.4 Å². The maximum Gasteiger partial charge on any atom is 0.213 e. The van der Waals surface area contributed by atoms with Crippen molar-refractivity contribution in [1.82, 2.24) is 4.98 Å². The lowest BCUT2D eigenvalue weighted by atomic mass is 10.1. The Morgan fingerprint density at radius 3 is 2.61 bits per heavy atom. The quantitative estimate of drug-likeness (QED) is 0.573. The van der Waals surface area contributed by atoms with Gasteiger partial charge >= 0.3 is 0 Å². The fourth-order valence-electron chi connectivity index (χ4n) is 2.89. The first-order chi connectivity index (χ1) is 13.6. The van der Waals surface area contributed by atoms with E-state index in [1.807, 2.05) is 37.3 Å². The molecule has 0 radical (unpaired) electrons. The smallest absolute Gasteiger partial charge is 0.213 e. The second kappa shape index (κ2) is 12.4. The van der Waals surface area contributed by atoms with E-state index < -0.39 is 0 Å². The van der Waals surface area contributed by atoms with Crippen LogP contribution in [0.4, 0.5) is 0 Å². The van der Waals surface area contributed by atoms with Gasteiger partial charge in [-0.2, -0.15) is 0 Å². The Morgan fingerprint density at radius 2 is 1.96 bits per heavy atom. The van der Waals surface area contributed by atoms with Crippen LogP contribution < -0.4 is 9.47 Å². The van der Waals surface area contributed by atoms with E-state index in [2.05, 4.69) is 31.8 Å². The first-order valence-electron chi connectivity index (χ1n) is 10.6. The van der Waals surface area contributed by atoms with Gasteiger partial charge in [-0.05, 0) is 56.7 Å². The largest absolute Gasteiger partial charge is 0.493 e. The van der Waals surface area contributed by atoms with E-state index >= 15 is 0 Å². The summed E-state index contributed by atoms with van der Waals surface area (Å²) in [5.41, 5.74) is 2.14. The first-order valence-corrected chi connectivity index (χ1v) is 10.6. The Kier molecular flexibility index (Phi) is 9.84. The molecule has 1 aliphatic heterocycles. The van der Waals surface area contributed by atoms with E-state index in [0.717, 1.165) is 36.5 Å². The molecule has 28 heavy (non-hydrogen) atoms. The van der Waals surface area contributed by atoms with E-state index in [0.29, 0.717) is 24.5 Å². The molecule has 4 heteroatoms. The van der Waals surface area contributed by atoms with Gasteiger partial charge in [0.05, 0.1) is 19.3 Å². The Labute approximate surface area is 170 Å². The summed E-state index contributed by atoms with van der Waals surface area (Å²) in [4.78, 5) is 4.21. The molecule has 0 aliphatic carbocycles. The molecule has 1 aromatic carbocycles. The predicted molar refractivity (Wildman–Crippen MR) is 115 cm³/mol. The van der Waals surface area contributed by atoms with Crippen LogP contribution in [0, 0.1) is 5.92 Å². The molecule has 2 unspecified atom stereocenters. The average molecular weight is 386 g/mol. The van der Waals surface area contributed by atoms with E-state index in [1.165, 1.54) is 19.3 Å². The minimum Gasteiger partial charge on any atom is -0.493 e. The minimum absolute atomic E-state index is 0.536. The van der Waals surface area contributed by atoms with Crippen molar-refractivity contribution in [2.45, 2.75) is 59.5 Å². The lowest BCUT2D eigenvalue weighted by Crippen LogP contribution is -2.14. The highest BCUT2D eigenvalue weighted by Crippen LogP contribution is 2.31. The fourth-order valence-corrected chi connectivity index (χ4v) is 2.89. The van der Waals surface area contributed by atoms with E-state index in [9.17, 15) is 0 Å². The van der Waals surface area contributed by atoms with Gasteiger partial charge in [0.25, 0.3) is 0 Å². The summed E-state index contributed by atoms with van der Waals surface area (Å²) < 4.78 is 16.7. The highest BCUT2D eigenvalue weighted by Gasteiger charge is 2.09. The maximum atomic E-state index is 5.98. The Balaban J connectivity index is 0.000000336. The summed E-state index contributed by atoms with van der Waals surface area (Å²) in [5, 5.41) is 0. The van der Waals surface area contributed by atoms with Gasteiger partial charge in [0, 0.05) is 24.4 Å². The highest BCUT2D eigenvalue weighted by atomic mass is 16.5. The van der Waals surface area contributed by atoms with Crippen molar-refractivity contribution in [3.05, 3.63) is 42.6 Å². The molecule has 2 heterocycles. The first kappa shape index (κ1) is 22.2. The number of pyridine rings is 1. The molecular formula is C24H35NO3. The molecule has 2 atom stereocenters. The molecule has 2 aromatic rings. The minimum atomic E-state index is 0.536. The van der Waals surface area contributed by atoms with Crippen molar-refractivity contribution < 1.29 is 14.2 Å². The molecular weight excluding hydrogens is 350 g/mol. The standard InChI is InChI=1S/C18H23NO2.C6H12O/c1-4-14(3)13-21-17-9-7-6-8-16(17)15-10-11-19-18(12-15)20-5-2;1-6-4-2-3-5-7-6/h6-12,14H,4-5,13H2,1-3H3;6H,2-5H2,1H3. The van der Waals surface area contributed by atoms with Crippen molar-refractivity contribution in [3.63, 3.8) is 0 Å². The van der Waals surface area contributed by atoms with Gasteiger partial charge in [-0.25, -0.2) is 4.98 Å². The molecule has 0 N–H and O–H groups in total. The zero-order chi connectivity index (χ0) is 20.2. The summed E-state index contributed by atoms with van der Waals surface area (Å²) in [5.74, 6) is 2.10. The molecule has 1 aliphatic rings. The number of hydrogen-bond acceptors (Lipinski definition) is 4. The van der Waals surface area contributed by atoms with Crippen LogP contribution in [0.25, 0.3) is 11.1 Å². The van der Waals surface area contributed by atoms with Crippen molar-refractivity contribution in [3.8, 4) is 22.8 Å². The predicted octanol–water partition coefficient (Wildman–Crippen LogP) is 6.15. The molecule has 0 amide bonds. The maximum absolute atomic E-state index is 5.98. The molecule has 0 spiro atoms. The third-order valence-electron chi connectivity index (χ3n) is 4.85. The molecule has 0 saturated carbocycles. The summed E-state index contributed by atoms with van der Waals surface area (Å²) in [6.45, 7) is 10.8. The Bertz CT molecular complexity index is 683. The van der Waals surface area contributed by atoms with Crippen LogP contribution >= 0.6 is 0 Å². The van der Waals surface area contributed by atoms with Crippen LogP contribution in [0.15, 0.2) is 42.6 Å². The van der Waals surface area contributed by atoms with E-state index in [1.54, 1.807) is 6.20 Å². The third kappa shape index (κ3) is 7.51. The molecule has 4 nitrogen and oxygen atoms in total. The monoisotopic (exact) mass is 385 g/mol. The molecule has 154 valence electrons. The number of benzene rings is 1. The Morgan fingerprint density at radius 1 is 1.14 bits per heavy atom. The lowest BCUT2D eigenvalue weighted by molar-refractivity contribution is 0.0285. The number of ether oxygens (including phenoxy) is 3. The summed E-state index contributed by atoms with van der Waals surface area (Å²) in [7, 11) is 0. The van der Waals surface area contributed by atoms with Gasteiger partial charge in [0.2, 0.25) is 5.88 Å². The third-order valence-corrected chi connectivity index (χ3v) is 4.85. The van der Waals surface area contributed by atoms with Crippen LogP contribution in [0.3, 0.4) is 0 Å². The number of nitrogens with zero attached hydrogens (tertiary/aromatic N) is 1. The van der Waals surface area contributed by atoms with Crippen LogP contribution in [-0.4, -0.2) is 30.9 Å². The molecule has 3 rings (SSSR count). The zero-order valence-corrected chi connectivity index (χ0v) is 17.8. The van der Waals surface area contributed by atoms with Crippen molar-refractivity contribution in [2.75, 3.05) is 19.8 Å². The SMILES string of the molecule is CC1CCCCO1.CCOc1cc(-c2ccccc2OCC(C)CC)ccn1. The summed E-state index contributed by atoms with van der Waals surface area (Å²) in [6, 6.07) is 12.0. The van der Waals surface area contributed by atoms with E-state index in [-0.39, 0.29) is 0 Å². The van der Waals surface area contributed by atoms with E-state index in [4.69, 9.17) is 14.2 Å². The van der Waals surface area contributed by atoms with Gasteiger partial charge < -0.3 is 14.2 Å². The van der Waals surface area contributed by atoms with Crippen LogP contribution in [-0.2, 0) is 4.74 Å². The lowest BCUT2D eigenvalue weighted by Gasteiger charge is -2.17. The molecule has 0 bridgehead atoms. The van der Waals surface area contributed by atoms with Gasteiger partial charge in [-0.15, -0.1) is 0 Å². The van der Waals surface area contributed by atoms with Crippen molar-refractivity contribution >= 4 is 0 Å². The number of rotatable bonds is 7. The van der Waals surface area contributed by atoms with Crippen LogP contribution in [0.2, 0.25) is 0 Å². The summed E-state index contributed by atoms with van der Waals surface area (Å²) in [6.07, 6.45) is 7.32. The van der Waals surface area contributed by atoms with Gasteiger partial charge in [-0.3, -0.25) is 0 Å². The molecule has 1 fully saturated rings. The Hall–Kier alpha value is -2.07.